The molecule has 0 spiro atoms. The van der Waals surface area contributed by atoms with Crippen LogP contribution in [0.5, 0.6) is 0 Å². The summed E-state index contributed by atoms with van der Waals surface area (Å²) in [6.45, 7) is 2.28. The first-order chi connectivity index (χ1) is 9.63. The van der Waals surface area contributed by atoms with E-state index in [0.29, 0.717) is 11.7 Å². The van der Waals surface area contributed by atoms with Crippen LogP contribution >= 0.6 is 0 Å². The molecule has 1 N–H and O–H groups in total. The SMILES string of the molecule is CC1CCC(Nc2cccc3nc(C(F)F)cn23)CC1. The van der Waals surface area contributed by atoms with Gasteiger partial charge in [0.05, 0.1) is 0 Å². The second kappa shape index (κ2) is 5.38. The Morgan fingerprint density at radius 2 is 2.00 bits per heavy atom. The number of nitrogens with one attached hydrogen (secondary N) is 1. The molecule has 0 aromatic carbocycles. The Morgan fingerprint density at radius 1 is 1.25 bits per heavy atom. The Kier molecular flexibility index (Phi) is 3.59. The first-order valence-corrected chi connectivity index (χ1v) is 7.16. The molecule has 0 atom stereocenters. The maximum atomic E-state index is 12.7. The number of nitrogens with zero attached hydrogens (tertiary/aromatic N) is 2. The van der Waals surface area contributed by atoms with Crippen LogP contribution in [0.1, 0.15) is 44.7 Å². The Bertz CT molecular complexity index is 586. The molecule has 2 aromatic rings. The van der Waals surface area contributed by atoms with E-state index < -0.39 is 6.43 Å². The first-order valence-electron chi connectivity index (χ1n) is 7.16. The highest BCUT2D eigenvalue weighted by atomic mass is 19.3. The van der Waals surface area contributed by atoms with Crippen molar-refractivity contribution in [3.8, 4) is 0 Å². The summed E-state index contributed by atoms with van der Waals surface area (Å²) in [6.07, 6.45) is 3.60. The van der Waals surface area contributed by atoms with Gasteiger partial charge in [0.1, 0.15) is 17.2 Å². The van der Waals surface area contributed by atoms with Crippen LogP contribution in [0.2, 0.25) is 0 Å². The molecule has 2 heterocycles. The van der Waals surface area contributed by atoms with E-state index in [1.807, 2.05) is 12.1 Å². The zero-order valence-corrected chi connectivity index (χ0v) is 11.5. The summed E-state index contributed by atoms with van der Waals surface area (Å²) in [4.78, 5) is 3.95. The summed E-state index contributed by atoms with van der Waals surface area (Å²) in [6, 6.07) is 5.95. The third-order valence-corrected chi connectivity index (χ3v) is 4.10. The van der Waals surface area contributed by atoms with Gasteiger partial charge in [-0.05, 0) is 43.7 Å². The molecule has 3 nitrogen and oxygen atoms in total. The fourth-order valence-electron chi connectivity index (χ4n) is 2.87. The number of anilines is 1. The molecule has 1 aliphatic rings. The largest absolute Gasteiger partial charge is 0.368 e. The predicted octanol–water partition coefficient (Wildman–Crippen LogP) is 4.26. The average Bonchev–Trinajstić information content (AvgIpc) is 2.87. The van der Waals surface area contributed by atoms with Gasteiger partial charge >= 0.3 is 0 Å². The van der Waals surface area contributed by atoms with Crippen LogP contribution in [0, 0.1) is 5.92 Å². The van der Waals surface area contributed by atoms with Crippen LogP contribution in [0.15, 0.2) is 24.4 Å². The van der Waals surface area contributed by atoms with Gasteiger partial charge in [-0.15, -0.1) is 0 Å². The monoisotopic (exact) mass is 279 g/mol. The number of imidazole rings is 1. The van der Waals surface area contributed by atoms with Crippen LogP contribution in [0.25, 0.3) is 5.65 Å². The Labute approximate surface area is 117 Å². The van der Waals surface area contributed by atoms with Crippen LogP contribution in [-0.4, -0.2) is 15.4 Å². The van der Waals surface area contributed by atoms with Crippen molar-refractivity contribution < 1.29 is 8.78 Å². The lowest BCUT2D eigenvalue weighted by molar-refractivity contribution is 0.147. The zero-order valence-electron chi connectivity index (χ0n) is 11.5. The molecular weight excluding hydrogens is 260 g/mol. The lowest BCUT2D eigenvalue weighted by Crippen LogP contribution is -2.26. The van der Waals surface area contributed by atoms with Gasteiger partial charge in [0.25, 0.3) is 6.43 Å². The molecule has 0 bridgehead atoms. The molecule has 1 saturated carbocycles. The van der Waals surface area contributed by atoms with Crippen molar-refractivity contribution in [3.63, 3.8) is 0 Å². The molecular formula is C15H19F2N3. The Morgan fingerprint density at radius 3 is 2.70 bits per heavy atom. The summed E-state index contributed by atoms with van der Waals surface area (Å²) in [5, 5.41) is 3.47. The number of pyridine rings is 1. The van der Waals surface area contributed by atoms with Gasteiger partial charge in [0.2, 0.25) is 0 Å². The van der Waals surface area contributed by atoms with Gasteiger partial charge in [-0.25, -0.2) is 13.8 Å². The Hall–Kier alpha value is -1.65. The molecule has 0 unspecified atom stereocenters. The quantitative estimate of drug-likeness (QED) is 0.909. The van der Waals surface area contributed by atoms with E-state index in [1.165, 1.54) is 19.0 Å². The zero-order chi connectivity index (χ0) is 14.1. The lowest BCUT2D eigenvalue weighted by Gasteiger charge is -2.27. The number of aromatic nitrogens is 2. The van der Waals surface area contributed by atoms with Gasteiger partial charge < -0.3 is 5.32 Å². The van der Waals surface area contributed by atoms with E-state index >= 15 is 0 Å². The molecule has 0 radical (unpaired) electrons. The molecule has 5 heteroatoms. The van der Waals surface area contributed by atoms with Crippen molar-refractivity contribution >= 4 is 11.5 Å². The highest BCUT2D eigenvalue weighted by Gasteiger charge is 2.19. The van der Waals surface area contributed by atoms with Crippen molar-refractivity contribution in [2.45, 2.75) is 45.1 Å². The van der Waals surface area contributed by atoms with Gasteiger partial charge in [-0.2, -0.15) is 0 Å². The second-order valence-electron chi connectivity index (χ2n) is 5.71. The lowest BCUT2D eigenvalue weighted by atomic mass is 9.87. The number of hydrogen-bond donors (Lipinski definition) is 1. The minimum atomic E-state index is -2.53. The summed E-state index contributed by atoms with van der Waals surface area (Å²) >= 11 is 0. The molecule has 108 valence electrons. The first kappa shape index (κ1) is 13.3. The third-order valence-electron chi connectivity index (χ3n) is 4.10. The standard InChI is InChI=1S/C15H19F2N3/c1-10-5-7-11(8-6-10)18-13-3-2-4-14-19-12(15(16)17)9-20(13)14/h2-4,9-11,15,18H,5-8H2,1H3. The van der Waals surface area contributed by atoms with E-state index in [-0.39, 0.29) is 5.69 Å². The molecule has 20 heavy (non-hydrogen) atoms. The second-order valence-corrected chi connectivity index (χ2v) is 5.71. The molecule has 0 amide bonds. The maximum Gasteiger partial charge on any atom is 0.281 e. The summed E-state index contributed by atoms with van der Waals surface area (Å²) < 4.78 is 27.2. The number of alkyl halides is 2. The highest BCUT2D eigenvalue weighted by Crippen LogP contribution is 2.27. The number of hydrogen-bond acceptors (Lipinski definition) is 2. The summed E-state index contributed by atoms with van der Waals surface area (Å²) in [7, 11) is 0. The van der Waals surface area contributed by atoms with Crippen molar-refractivity contribution in [1.29, 1.82) is 0 Å². The van der Waals surface area contributed by atoms with E-state index in [2.05, 4.69) is 17.2 Å². The molecule has 3 rings (SSSR count). The van der Waals surface area contributed by atoms with Crippen molar-refractivity contribution in [2.75, 3.05) is 5.32 Å². The van der Waals surface area contributed by atoms with Gasteiger partial charge in [-0.1, -0.05) is 13.0 Å². The van der Waals surface area contributed by atoms with Crippen molar-refractivity contribution in [3.05, 3.63) is 30.1 Å². The average molecular weight is 279 g/mol. The molecule has 2 aromatic heterocycles. The van der Waals surface area contributed by atoms with Crippen molar-refractivity contribution in [1.82, 2.24) is 9.38 Å². The van der Waals surface area contributed by atoms with E-state index in [0.717, 1.165) is 24.6 Å². The summed E-state index contributed by atoms with van der Waals surface area (Å²) in [5.74, 6) is 1.64. The van der Waals surface area contributed by atoms with Gasteiger partial charge in [-0.3, -0.25) is 4.40 Å². The highest BCUT2D eigenvalue weighted by molar-refractivity contribution is 5.51. The van der Waals surface area contributed by atoms with Crippen LogP contribution in [0.3, 0.4) is 0 Å². The molecule has 1 fully saturated rings. The van der Waals surface area contributed by atoms with Gasteiger partial charge in [0, 0.05) is 12.2 Å². The normalized spacial score (nSPS) is 23.4. The maximum absolute atomic E-state index is 12.7. The molecule has 0 saturated heterocycles. The fourth-order valence-corrected chi connectivity index (χ4v) is 2.87. The topological polar surface area (TPSA) is 29.3 Å². The third kappa shape index (κ3) is 2.62. The smallest absolute Gasteiger partial charge is 0.281 e. The van der Waals surface area contributed by atoms with Crippen molar-refractivity contribution in [2.24, 2.45) is 5.92 Å². The van der Waals surface area contributed by atoms with E-state index in [4.69, 9.17) is 0 Å². The molecule has 1 aliphatic carbocycles. The van der Waals surface area contributed by atoms with E-state index in [1.54, 1.807) is 10.5 Å². The van der Waals surface area contributed by atoms with Crippen LogP contribution < -0.4 is 5.32 Å². The number of fused-ring (bicyclic) bond motifs is 1. The minimum absolute atomic E-state index is 0.170. The van der Waals surface area contributed by atoms with Gasteiger partial charge in [0.15, 0.2) is 0 Å². The van der Waals surface area contributed by atoms with E-state index in [9.17, 15) is 8.78 Å². The number of rotatable bonds is 3. The van der Waals surface area contributed by atoms with Crippen LogP contribution in [0.4, 0.5) is 14.6 Å². The van der Waals surface area contributed by atoms with Crippen LogP contribution in [-0.2, 0) is 0 Å². The predicted molar refractivity (Wildman–Crippen MR) is 75.2 cm³/mol. The summed E-state index contributed by atoms with van der Waals surface area (Å²) in [5.41, 5.74) is 0.394. The Balaban J connectivity index is 1.84. The minimum Gasteiger partial charge on any atom is -0.368 e. The fraction of sp³-hybridized carbons (Fsp3) is 0.533. The number of halogens is 2. The molecule has 0 aliphatic heterocycles.